The third kappa shape index (κ3) is 3.26. The summed E-state index contributed by atoms with van der Waals surface area (Å²) < 4.78 is 38.0. The van der Waals surface area contributed by atoms with Crippen LogP contribution in [-0.2, 0) is 6.18 Å². The number of alkyl halides is 3. The molecule has 2 aromatic rings. The van der Waals surface area contributed by atoms with Gasteiger partial charge in [0.15, 0.2) is 0 Å². The molecule has 1 N–H and O–H groups in total. The van der Waals surface area contributed by atoms with Crippen LogP contribution in [0.15, 0.2) is 29.9 Å². The molecule has 0 fully saturated rings. The highest BCUT2D eigenvalue weighted by Crippen LogP contribution is 2.33. The van der Waals surface area contributed by atoms with Crippen molar-refractivity contribution < 1.29 is 13.2 Å². The van der Waals surface area contributed by atoms with Crippen LogP contribution in [0.25, 0.3) is 0 Å². The van der Waals surface area contributed by atoms with E-state index in [4.69, 9.17) is 0 Å². The maximum absolute atomic E-state index is 12.7. The lowest BCUT2D eigenvalue weighted by atomic mass is 10.1. The SMILES string of the molecule is Cc1ccc(C(F)(F)F)cc1NC(C)c1cncs1. The van der Waals surface area contributed by atoms with Crippen molar-refractivity contribution in [2.45, 2.75) is 26.1 Å². The van der Waals surface area contributed by atoms with Gasteiger partial charge in [-0.25, -0.2) is 0 Å². The van der Waals surface area contributed by atoms with Gasteiger partial charge in [-0.3, -0.25) is 4.98 Å². The van der Waals surface area contributed by atoms with Crippen molar-refractivity contribution in [3.8, 4) is 0 Å². The first-order valence-corrected chi connectivity index (χ1v) is 6.58. The van der Waals surface area contributed by atoms with E-state index in [1.807, 2.05) is 6.92 Å². The molecule has 2 rings (SSSR count). The van der Waals surface area contributed by atoms with Crippen molar-refractivity contribution in [3.05, 3.63) is 45.9 Å². The number of hydrogen-bond acceptors (Lipinski definition) is 3. The molecule has 0 saturated heterocycles. The fourth-order valence-electron chi connectivity index (χ4n) is 1.70. The number of anilines is 1. The van der Waals surface area contributed by atoms with Gasteiger partial charge >= 0.3 is 6.18 Å². The second-order valence-corrected chi connectivity index (χ2v) is 5.22. The summed E-state index contributed by atoms with van der Waals surface area (Å²) in [5.41, 5.74) is 2.34. The highest BCUT2D eigenvalue weighted by atomic mass is 32.1. The Morgan fingerprint density at radius 1 is 1.32 bits per heavy atom. The van der Waals surface area contributed by atoms with E-state index in [-0.39, 0.29) is 6.04 Å². The van der Waals surface area contributed by atoms with E-state index in [2.05, 4.69) is 10.3 Å². The molecule has 1 heterocycles. The molecule has 0 aliphatic heterocycles. The highest BCUT2D eigenvalue weighted by Gasteiger charge is 2.30. The fraction of sp³-hybridized carbons (Fsp3) is 0.308. The van der Waals surface area contributed by atoms with Gasteiger partial charge in [-0.1, -0.05) is 6.07 Å². The van der Waals surface area contributed by atoms with Crippen LogP contribution in [0.5, 0.6) is 0 Å². The molecule has 0 amide bonds. The third-order valence-corrected chi connectivity index (χ3v) is 3.77. The summed E-state index contributed by atoms with van der Waals surface area (Å²) in [4.78, 5) is 4.95. The van der Waals surface area contributed by atoms with Crippen LogP contribution in [-0.4, -0.2) is 4.98 Å². The number of nitrogens with zero attached hydrogens (tertiary/aromatic N) is 1. The lowest BCUT2D eigenvalue weighted by Crippen LogP contribution is -2.09. The highest BCUT2D eigenvalue weighted by molar-refractivity contribution is 7.09. The minimum Gasteiger partial charge on any atom is -0.377 e. The standard InChI is InChI=1S/C13H13F3N2S/c1-8-3-4-10(13(14,15)16)5-11(8)18-9(2)12-6-17-7-19-12/h3-7,9,18H,1-2H3. The zero-order chi connectivity index (χ0) is 14.0. The Hall–Kier alpha value is -1.56. The molecule has 2 nitrogen and oxygen atoms in total. The second kappa shape index (κ2) is 5.21. The largest absolute Gasteiger partial charge is 0.416 e. The quantitative estimate of drug-likeness (QED) is 0.888. The summed E-state index contributed by atoms with van der Waals surface area (Å²) in [5, 5.41) is 3.10. The Kier molecular flexibility index (Phi) is 3.80. The van der Waals surface area contributed by atoms with Gasteiger partial charge in [-0.2, -0.15) is 13.2 Å². The summed E-state index contributed by atoms with van der Waals surface area (Å²) in [6, 6.07) is 3.64. The van der Waals surface area contributed by atoms with Gasteiger partial charge in [-0.05, 0) is 31.5 Å². The van der Waals surface area contributed by atoms with E-state index in [9.17, 15) is 13.2 Å². The molecule has 19 heavy (non-hydrogen) atoms. The number of rotatable bonds is 3. The number of aromatic nitrogens is 1. The first-order chi connectivity index (χ1) is 8.88. The molecule has 6 heteroatoms. The molecule has 102 valence electrons. The average molecular weight is 286 g/mol. The zero-order valence-electron chi connectivity index (χ0n) is 10.5. The first kappa shape index (κ1) is 13.9. The number of nitrogens with one attached hydrogen (secondary N) is 1. The van der Waals surface area contributed by atoms with Gasteiger partial charge in [0.05, 0.1) is 17.1 Å². The molecule has 1 aromatic carbocycles. The molecule has 1 aromatic heterocycles. The third-order valence-electron chi connectivity index (χ3n) is 2.82. The van der Waals surface area contributed by atoms with Gasteiger partial charge in [0.1, 0.15) is 0 Å². The molecule has 0 bridgehead atoms. The molecule has 0 aliphatic rings. The fourth-order valence-corrected chi connectivity index (χ4v) is 2.33. The lowest BCUT2D eigenvalue weighted by Gasteiger charge is -2.17. The predicted octanol–water partition coefficient (Wildman–Crippen LogP) is 4.64. The topological polar surface area (TPSA) is 24.9 Å². The van der Waals surface area contributed by atoms with E-state index in [1.165, 1.54) is 17.4 Å². The van der Waals surface area contributed by atoms with Crippen molar-refractivity contribution >= 4 is 17.0 Å². The average Bonchev–Trinajstić information content (AvgIpc) is 2.84. The van der Waals surface area contributed by atoms with E-state index in [0.29, 0.717) is 5.69 Å². The van der Waals surface area contributed by atoms with E-state index in [1.54, 1.807) is 18.6 Å². The summed E-state index contributed by atoms with van der Waals surface area (Å²) in [7, 11) is 0. The summed E-state index contributed by atoms with van der Waals surface area (Å²) in [6.07, 6.45) is -2.61. The summed E-state index contributed by atoms with van der Waals surface area (Å²) in [5.74, 6) is 0. The molecular formula is C13H13F3N2S. The van der Waals surface area contributed by atoms with Crippen molar-refractivity contribution in [1.29, 1.82) is 0 Å². The maximum atomic E-state index is 12.7. The number of halogens is 3. The van der Waals surface area contributed by atoms with Crippen LogP contribution in [0.1, 0.15) is 29.0 Å². The molecule has 0 spiro atoms. The zero-order valence-corrected chi connectivity index (χ0v) is 11.3. The van der Waals surface area contributed by atoms with Gasteiger partial charge in [0.2, 0.25) is 0 Å². The molecule has 0 radical (unpaired) electrons. The van der Waals surface area contributed by atoms with E-state index in [0.717, 1.165) is 22.6 Å². The van der Waals surface area contributed by atoms with Crippen LogP contribution in [0, 0.1) is 6.92 Å². The first-order valence-electron chi connectivity index (χ1n) is 5.70. The molecule has 0 saturated carbocycles. The Morgan fingerprint density at radius 3 is 2.63 bits per heavy atom. The van der Waals surface area contributed by atoms with E-state index >= 15 is 0 Å². The number of thiazole rings is 1. The Morgan fingerprint density at radius 2 is 2.05 bits per heavy atom. The van der Waals surface area contributed by atoms with E-state index < -0.39 is 11.7 Å². The number of benzene rings is 1. The van der Waals surface area contributed by atoms with Crippen LogP contribution >= 0.6 is 11.3 Å². The Labute approximate surface area is 113 Å². The minimum atomic E-state index is -4.32. The minimum absolute atomic E-state index is 0.0744. The smallest absolute Gasteiger partial charge is 0.377 e. The Bertz CT molecular complexity index is 550. The van der Waals surface area contributed by atoms with Crippen molar-refractivity contribution in [1.82, 2.24) is 4.98 Å². The summed E-state index contributed by atoms with van der Waals surface area (Å²) in [6.45, 7) is 3.68. The molecule has 0 aliphatic carbocycles. The second-order valence-electron chi connectivity index (χ2n) is 4.30. The summed E-state index contributed by atoms with van der Waals surface area (Å²) >= 11 is 1.47. The monoisotopic (exact) mass is 286 g/mol. The lowest BCUT2D eigenvalue weighted by molar-refractivity contribution is -0.137. The molecule has 1 atom stereocenters. The van der Waals surface area contributed by atoms with Crippen molar-refractivity contribution in [3.63, 3.8) is 0 Å². The molecule has 1 unspecified atom stereocenters. The van der Waals surface area contributed by atoms with Crippen LogP contribution in [0.3, 0.4) is 0 Å². The van der Waals surface area contributed by atoms with Gasteiger partial charge < -0.3 is 5.32 Å². The van der Waals surface area contributed by atoms with Crippen molar-refractivity contribution in [2.24, 2.45) is 0 Å². The number of aryl methyl sites for hydroxylation is 1. The number of hydrogen-bond donors (Lipinski definition) is 1. The van der Waals surface area contributed by atoms with Crippen LogP contribution in [0.4, 0.5) is 18.9 Å². The van der Waals surface area contributed by atoms with Crippen LogP contribution < -0.4 is 5.32 Å². The van der Waals surface area contributed by atoms with Crippen molar-refractivity contribution in [2.75, 3.05) is 5.32 Å². The Balaban J connectivity index is 2.25. The predicted molar refractivity (Wildman–Crippen MR) is 70.3 cm³/mol. The molecular weight excluding hydrogens is 273 g/mol. The van der Waals surface area contributed by atoms with Crippen LogP contribution in [0.2, 0.25) is 0 Å². The van der Waals surface area contributed by atoms with Gasteiger partial charge in [0, 0.05) is 16.8 Å². The van der Waals surface area contributed by atoms with Gasteiger partial charge in [0.25, 0.3) is 0 Å². The van der Waals surface area contributed by atoms with Gasteiger partial charge in [-0.15, -0.1) is 11.3 Å². The normalized spacial score (nSPS) is 13.3. The maximum Gasteiger partial charge on any atom is 0.416 e.